The van der Waals surface area contributed by atoms with Gasteiger partial charge in [-0.2, -0.15) is 0 Å². The third-order valence-electron chi connectivity index (χ3n) is 4.74. The number of aryl methyl sites for hydroxylation is 1. The average molecular weight is 335 g/mol. The summed E-state index contributed by atoms with van der Waals surface area (Å²) in [5.41, 5.74) is 2.55. The molecule has 0 saturated carbocycles. The molecule has 128 valence electrons. The summed E-state index contributed by atoms with van der Waals surface area (Å²) in [5.74, 6) is 1.14. The van der Waals surface area contributed by atoms with Gasteiger partial charge in [-0.1, -0.05) is 6.92 Å². The smallest absolute Gasteiger partial charge is 0.254 e. The molecule has 1 fully saturated rings. The summed E-state index contributed by atoms with van der Waals surface area (Å²) in [5, 5.41) is 0. The Labute approximate surface area is 146 Å². The highest BCUT2D eigenvalue weighted by molar-refractivity contribution is 5.94. The number of carbonyl (C=O) groups excluding carboxylic acids is 1. The SMILES string of the molecule is CCCc1nc2cccnc2n1[C@H]1CCN(C(=O)c2ccncc2)C1. The molecule has 6 nitrogen and oxygen atoms in total. The Balaban J connectivity index is 1.62. The van der Waals surface area contributed by atoms with Gasteiger partial charge in [-0.25, -0.2) is 9.97 Å². The third-order valence-corrected chi connectivity index (χ3v) is 4.74. The number of aromatic nitrogens is 4. The number of rotatable bonds is 4. The van der Waals surface area contributed by atoms with Crippen molar-refractivity contribution < 1.29 is 4.79 Å². The van der Waals surface area contributed by atoms with Crippen molar-refractivity contribution in [1.29, 1.82) is 0 Å². The zero-order chi connectivity index (χ0) is 17.2. The van der Waals surface area contributed by atoms with Crippen LogP contribution in [0.5, 0.6) is 0 Å². The van der Waals surface area contributed by atoms with Crippen LogP contribution in [0.2, 0.25) is 0 Å². The predicted molar refractivity (Wildman–Crippen MR) is 95.3 cm³/mol. The van der Waals surface area contributed by atoms with E-state index < -0.39 is 0 Å². The van der Waals surface area contributed by atoms with E-state index in [1.165, 1.54) is 0 Å². The average Bonchev–Trinajstić information content (AvgIpc) is 3.26. The first-order valence-corrected chi connectivity index (χ1v) is 8.79. The monoisotopic (exact) mass is 335 g/mol. The number of hydrogen-bond donors (Lipinski definition) is 0. The van der Waals surface area contributed by atoms with E-state index in [0.29, 0.717) is 12.1 Å². The Morgan fingerprint density at radius 1 is 1.24 bits per heavy atom. The van der Waals surface area contributed by atoms with Crippen molar-refractivity contribution in [2.24, 2.45) is 0 Å². The molecule has 4 heterocycles. The zero-order valence-electron chi connectivity index (χ0n) is 14.3. The van der Waals surface area contributed by atoms with Gasteiger partial charge in [-0.05, 0) is 37.1 Å². The van der Waals surface area contributed by atoms with E-state index in [1.54, 1.807) is 24.5 Å². The molecule has 25 heavy (non-hydrogen) atoms. The minimum Gasteiger partial charge on any atom is -0.336 e. The maximum absolute atomic E-state index is 12.7. The molecule has 0 N–H and O–H groups in total. The Morgan fingerprint density at radius 2 is 2.08 bits per heavy atom. The van der Waals surface area contributed by atoms with Gasteiger partial charge in [-0.3, -0.25) is 9.78 Å². The van der Waals surface area contributed by atoms with Crippen LogP contribution in [-0.4, -0.2) is 43.4 Å². The summed E-state index contributed by atoms with van der Waals surface area (Å²) in [6.45, 7) is 3.61. The first-order chi connectivity index (χ1) is 12.3. The highest BCUT2D eigenvalue weighted by Crippen LogP contribution is 2.28. The minimum atomic E-state index is 0.0688. The van der Waals surface area contributed by atoms with Gasteiger partial charge < -0.3 is 9.47 Å². The number of hydrogen-bond acceptors (Lipinski definition) is 4. The van der Waals surface area contributed by atoms with Crippen LogP contribution in [0, 0.1) is 0 Å². The molecule has 3 aromatic rings. The van der Waals surface area contributed by atoms with Crippen molar-refractivity contribution in [2.45, 2.75) is 32.2 Å². The highest BCUT2D eigenvalue weighted by atomic mass is 16.2. The molecule has 0 bridgehead atoms. The molecule has 3 aromatic heterocycles. The Morgan fingerprint density at radius 3 is 2.88 bits per heavy atom. The summed E-state index contributed by atoms with van der Waals surface area (Å²) < 4.78 is 2.25. The van der Waals surface area contributed by atoms with Crippen LogP contribution in [0.4, 0.5) is 0 Å². The van der Waals surface area contributed by atoms with Gasteiger partial charge in [-0.15, -0.1) is 0 Å². The molecule has 0 spiro atoms. The van der Waals surface area contributed by atoms with Crippen molar-refractivity contribution in [3.63, 3.8) is 0 Å². The predicted octanol–water partition coefficient (Wildman–Crippen LogP) is 2.87. The van der Waals surface area contributed by atoms with E-state index in [1.807, 2.05) is 23.2 Å². The van der Waals surface area contributed by atoms with Crippen LogP contribution in [0.15, 0.2) is 42.9 Å². The van der Waals surface area contributed by atoms with Crippen molar-refractivity contribution in [3.8, 4) is 0 Å². The lowest BCUT2D eigenvalue weighted by atomic mass is 10.2. The van der Waals surface area contributed by atoms with Crippen molar-refractivity contribution in [1.82, 2.24) is 24.4 Å². The second kappa shape index (κ2) is 6.63. The van der Waals surface area contributed by atoms with Crippen molar-refractivity contribution >= 4 is 17.1 Å². The van der Waals surface area contributed by atoms with Gasteiger partial charge in [0.1, 0.15) is 11.3 Å². The van der Waals surface area contributed by atoms with E-state index >= 15 is 0 Å². The Kier molecular flexibility index (Phi) is 4.17. The fourth-order valence-corrected chi connectivity index (χ4v) is 3.57. The number of carbonyl (C=O) groups is 1. The van der Waals surface area contributed by atoms with Gasteiger partial charge in [0.05, 0.1) is 6.04 Å². The molecule has 1 amide bonds. The minimum absolute atomic E-state index is 0.0688. The Bertz CT molecular complexity index is 889. The van der Waals surface area contributed by atoms with Gasteiger partial charge >= 0.3 is 0 Å². The summed E-state index contributed by atoms with van der Waals surface area (Å²) in [7, 11) is 0. The molecular weight excluding hydrogens is 314 g/mol. The molecule has 0 unspecified atom stereocenters. The lowest BCUT2D eigenvalue weighted by Gasteiger charge is -2.18. The van der Waals surface area contributed by atoms with Crippen LogP contribution in [0.25, 0.3) is 11.2 Å². The maximum Gasteiger partial charge on any atom is 0.254 e. The topological polar surface area (TPSA) is 63.9 Å². The number of amides is 1. The Hall–Kier alpha value is -2.76. The fraction of sp³-hybridized carbons (Fsp3) is 0.368. The second-order valence-electron chi connectivity index (χ2n) is 6.42. The molecular formula is C19H21N5O. The van der Waals surface area contributed by atoms with E-state index in [-0.39, 0.29) is 11.9 Å². The maximum atomic E-state index is 12.7. The molecule has 1 aliphatic heterocycles. The summed E-state index contributed by atoms with van der Waals surface area (Å²) in [6.07, 6.45) is 8.02. The summed E-state index contributed by atoms with van der Waals surface area (Å²) in [4.78, 5) is 27.9. The van der Waals surface area contributed by atoms with Gasteiger partial charge in [0.25, 0.3) is 5.91 Å². The van der Waals surface area contributed by atoms with Crippen LogP contribution >= 0.6 is 0 Å². The molecule has 1 saturated heterocycles. The number of imidazole rings is 1. The zero-order valence-corrected chi connectivity index (χ0v) is 14.3. The van der Waals surface area contributed by atoms with E-state index in [9.17, 15) is 4.79 Å². The summed E-state index contributed by atoms with van der Waals surface area (Å²) >= 11 is 0. The molecule has 1 atom stereocenters. The van der Waals surface area contributed by atoms with Crippen LogP contribution in [0.1, 0.15) is 42.0 Å². The van der Waals surface area contributed by atoms with Crippen LogP contribution in [-0.2, 0) is 6.42 Å². The highest BCUT2D eigenvalue weighted by Gasteiger charge is 2.30. The first kappa shape index (κ1) is 15.7. The van der Waals surface area contributed by atoms with Crippen LogP contribution < -0.4 is 0 Å². The quantitative estimate of drug-likeness (QED) is 0.735. The lowest BCUT2D eigenvalue weighted by molar-refractivity contribution is 0.0787. The molecule has 6 heteroatoms. The number of fused-ring (bicyclic) bond motifs is 1. The van der Waals surface area contributed by atoms with E-state index in [0.717, 1.165) is 42.8 Å². The molecule has 1 aliphatic rings. The molecule has 0 radical (unpaired) electrons. The fourth-order valence-electron chi connectivity index (χ4n) is 3.57. The van der Waals surface area contributed by atoms with Gasteiger partial charge in [0.15, 0.2) is 5.65 Å². The van der Waals surface area contributed by atoms with Gasteiger partial charge in [0.2, 0.25) is 0 Å². The number of pyridine rings is 2. The molecule has 4 rings (SSSR count). The second-order valence-corrected chi connectivity index (χ2v) is 6.42. The van der Waals surface area contributed by atoms with Crippen LogP contribution in [0.3, 0.4) is 0 Å². The number of likely N-dealkylation sites (tertiary alicyclic amines) is 1. The van der Waals surface area contributed by atoms with Crippen molar-refractivity contribution in [2.75, 3.05) is 13.1 Å². The van der Waals surface area contributed by atoms with Gasteiger partial charge in [0, 0.05) is 43.7 Å². The normalized spacial score (nSPS) is 17.3. The number of nitrogens with zero attached hydrogens (tertiary/aromatic N) is 5. The van der Waals surface area contributed by atoms with E-state index in [4.69, 9.17) is 4.98 Å². The van der Waals surface area contributed by atoms with E-state index in [2.05, 4.69) is 21.5 Å². The first-order valence-electron chi connectivity index (χ1n) is 8.79. The largest absolute Gasteiger partial charge is 0.336 e. The standard InChI is InChI=1S/C19H21N5O/c1-2-4-17-22-16-5-3-9-21-18(16)24(17)15-8-12-23(13-15)19(25)14-6-10-20-11-7-14/h3,5-7,9-11,15H,2,4,8,12-13H2,1H3/t15-/m0/s1. The molecule has 0 aliphatic carbocycles. The third kappa shape index (κ3) is 2.88. The summed E-state index contributed by atoms with van der Waals surface area (Å²) in [6, 6.07) is 7.70. The van der Waals surface area contributed by atoms with Crippen molar-refractivity contribution in [3.05, 3.63) is 54.2 Å². The lowest BCUT2D eigenvalue weighted by Crippen LogP contribution is -2.29. The molecule has 0 aromatic carbocycles.